The number of para-hydroxylation sites is 2. The van der Waals surface area contributed by atoms with Crippen molar-refractivity contribution in [3.05, 3.63) is 24.3 Å². The Labute approximate surface area is 158 Å². The van der Waals surface area contributed by atoms with Gasteiger partial charge in [-0.05, 0) is 25.0 Å². The van der Waals surface area contributed by atoms with Gasteiger partial charge < -0.3 is 9.47 Å². The highest BCUT2D eigenvalue weighted by molar-refractivity contribution is 5.78. The molecule has 2 unspecified atom stereocenters. The first kappa shape index (κ1) is 22.2. The van der Waals surface area contributed by atoms with Gasteiger partial charge in [-0.15, -0.1) is 0 Å². The van der Waals surface area contributed by atoms with Crippen molar-refractivity contribution >= 4 is 11.9 Å². The van der Waals surface area contributed by atoms with Crippen LogP contribution in [0.15, 0.2) is 24.3 Å². The van der Waals surface area contributed by atoms with Crippen LogP contribution in [0.4, 0.5) is 0 Å². The normalized spacial score (nSPS) is 13.1. The number of carbonyl (C=O) groups is 2. The highest BCUT2D eigenvalue weighted by Gasteiger charge is 2.20. The molecule has 2 atom stereocenters. The number of unbranched alkanes of at least 4 members (excludes halogenated alkanes) is 4. The van der Waals surface area contributed by atoms with Gasteiger partial charge in [0.15, 0.2) is 11.5 Å². The fourth-order valence-corrected chi connectivity index (χ4v) is 2.67. The van der Waals surface area contributed by atoms with E-state index < -0.39 is 0 Å². The molecule has 0 amide bonds. The molecule has 0 aliphatic heterocycles. The third-order valence-corrected chi connectivity index (χ3v) is 4.56. The van der Waals surface area contributed by atoms with Crippen LogP contribution in [0, 0.1) is 11.8 Å². The number of hydrogen-bond acceptors (Lipinski definition) is 4. The molecule has 4 heteroatoms. The van der Waals surface area contributed by atoms with Crippen molar-refractivity contribution in [2.75, 3.05) is 0 Å². The van der Waals surface area contributed by atoms with Crippen LogP contribution in [0.25, 0.3) is 0 Å². The lowest BCUT2D eigenvalue weighted by molar-refractivity contribution is -0.141. The minimum absolute atomic E-state index is 0.168. The van der Waals surface area contributed by atoms with Gasteiger partial charge >= 0.3 is 11.9 Å². The molecule has 1 aromatic rings. The molecule has 0 spiro atoms. The van der Waals surface area contributed by atoms with E-state index in [9.17, 15) is 9.59 Å². The summed E-state index contributed by atoms with van der Waals surface area (Å²) in [7, 11) is 0. The van der Waals surface area contributed by atoms with Gasteiger partial charge in [-0.25, -0.2) is 0 Å². The maximum Gasteiger partial charge on any atom is 0.314 e. The van der Waals surface area contributed by atoms with Gasteiger partial charge in [-0.1, -0.05) is 78.4 Å². The maximum absolute atomic E-state index is 12.3. The summed E-state index contributed by atoms with van der Waals surface area (Å²) in [6.07, 6.45) is 8.11. The van der Waals surface area contributed by atoms with E-state index in [1.807, 2.05) is 13.8 Å². The molecule has 1 aromatic carbocycles. The van der Waals surface area contributed by atoms with Gasteiger partial charge in [0.05, 0.1) is 11.8 Å². The fraction of sp³-hybridized carbons (Fsp3) is 0.636. The Hall–Kier alpha value is -1.84. The van der Waals surface area contributed by atoms with Gasteiger partial charge in [0.2, 0.25) is 0 Å². The van der Waals surface area contributed by atoms with Crippen LogP contribution in [0.2, 0.25) is 0 Å². The number of ether oxygens (including phenoxy) is 2. The molecule has 0 heterocycles. The minimum atomic E-state index is -0.277. The van der Waals surface area contributed by atoms with Gasteiger partial charge in [0.25, 0.3) is 0 Å². The van der Waals surface area contributed by atoms with Crippen LogP contribution in [-0.4, -0.2) is 11.9 Å². The fourth-order valence-electron chi connectivity index (χ4n) is 2.67. The second kappa shape index (κ2) is 12.5. The van der Waals surface area contributed by atoms with Crippen LogP contribution in [0.3, 0.4) is 0 Å². The maximum atomic E-state index is 12.3. The van der Waals surface area contributed by atoms with Crippen LogP contribution >= 0.6 is 0 Å². The van der Waals surface area contributed by atoms with Gasteiger partial charge in [0, 0.05) is 0 Å². The Morgan fingerprint density at radius 2 is 1.15 bits per heavy atom. The molecule has 0 saturated carbocycles. The lowest BCUT2D eigenvalue weighted by atomic mass is 10.0. The van der Waals surface area contributed by atoms with Crippen molar-refractivity contribution in [2.24, 2.45) is 11.8 Å². The first-order valence-electron chi connectivity index (χ1n) is 10.0. The average molecular weight is 363 g/mol. The quantitative estimate of drug-likeness (QED) is 0.263. The van der Waals surface area contributed by atoms with Crippen LogP contribution < -0.4 is 9.47 Å². The predicted molar refractivity (Wildman–Crippen MR) is 104 cm³/mol. The monoisotopic (exact) mass is 362 g/mol. The van der Waals surface area contributed by atoms with Crippen molar-refractivity contribution in [1.82, 2.24) is 0 Å². The van der Waals surface area contributed by atoms with E-state index in [-0.39, 0.29) is 23.8 Å². The summed E-state index contributed by atoms with van der Waals surface area (Å²) in [6, 6.07) is 6.88. The first-order valence-corrected chi connectivity index (χ1v) is 10.0. The van der Waals surface area contributed by atoms with E-state index in [2.05, 4.69) is 13.8 Å². The summed E-state index contributed by atoms with van der Waals surface area (Å²) in [4.78, 5) is 24.6. The number of esters is 2. The molecule has 0 bridgehead atoms. The second-order valence-electron chi connectivity index (χ2n) is 7.08. The largest absolute Gasteiger partial charge is 0.422 e. The van der Waals surface area contributed by atoms with E-state index in [4.69, 9.17) is 9.47 Å². The van der Waals surface area contributed by atoms with E-state index in [0.29, 0.717) is 11.5 Å². The Kier molecular flexibility index (Phi) is 10.7. The van der Waals surface area contributed by atoms with E-state index in [1.54, 1.807) is 24.3 Å². The zero-order valence-corrected chi connectivity index (χ0v) is 16.8. The molecule has 146 valence electrons. The molecule has 0 saturated heterocycles. The Bertz CT molecular complexity index is 504. The van der Waals surface area contributed by atoms with E-state index >= 15 is 0 Å². The zero-order chi connectivity index (χ0) is 19.4. The lowest BCUT2D eigenvalue weighted by Gasteiger charge is -2.15. The van der Waals surface area contributed by atoms with Gasteiger partial charge in [0.1, 0.15) is 0 Å². The molecule has 0 N–H and O–H groups in total. The highest BCUT2D eigenvalue weighted by Crippen LogP contribution is 2.29. The third-order valence-electron chi connectivity index (χ3n) is 4.56. The summed E-state index contributed by atoms with van der Waals surface area (Å²) in [5, 5.41) is 0. The zero-order valence-electron chi connectivity index (χ0n) is 16.8. The molecule has 4 nitrogen and oxygen atoms in total. The summed E-state index contributed by atoms with van der Waals surface area (Å²) in [6.45, 7) is 8.03. The smallest absolute Gasteiger partial charge is 0.314 e. The van der Waals surface area contributed by atoms with E-state index in [1.165, 1.54) is 0 Å². The Morgan fingerprint density at radius 3 is 1.50 bits per heavy atom. The highest BCUT2D eigenvalue weighted by atomic mass is 16.6. The second-order valence-corrected chi connectivity index (χ2v) is 7.08. The number of hydrogen-bond donors (Lipinski definition) is 0. The van der Waals surface area contributed by atoms with Crippen molar-refractivity contribution in [3.63, 3.8) is 0 Å². The van der Waals surface area contributed by atoms with Crippen LogP contribution in [0.1, 0.15) is 79.1 Å². The van der Waals surface area contributed by atoms with Crippen LogP contribution in [-0.2, 0) is 9.59 Å². The average Bonchev–Trinajstić information content (AvgIpc) is 2.63. The molecule has 0 aliphatic carbocycles. The molecule has 1 rings (SSSR count). The van der Waals surface area contributed by atoms with Crippen molar-refractivity contribution in [2.45, 2.75) is 79.1 Å². The molecule has 0 aromatic heterocycles. The molecular formula is C22H34O4. The lowest BCUT2D eigenvalue weighted by Crippen LogP contribution is -2.20. The first-order chi connectivity index (χ1) is 12.5. The number of rotatable bonds is 12. The standard InChI is InChI=1S/C22H34O4/c1-5-7-9-13-17(3)21(23)25-19-15-11-12-16-20(19)26-22(24)18(4)14-10-8-6-2/h11-12,15-18H,5-10,13-14H2,1-4H3. The SMILES string of the molecule is CCCCCC(C)C(=O)Oc1ccccc1OC(=O)C(C)CCCCC. The van der Waals surface area contributed by atoms with Crippen molar-refractivity contribution < 1.29 is 19.1 Å². The molecule has 26 heavy (non-hydrogen) atoms. The molecular weight excluding hydrogens is 328 g/mol. The topological polar surface area (TPSA) is 52.6 Å². The summed E-state index contributed by atoms with van der Waals surface area (Å²) >= 11 is 0. The van der Waals surface area contributed by atoms with Gasteiger partial charge in [-0.3, -0.25) is 9.59 Å². The number of carbonyl (C=O) groups excluding carboxylic acids is 2. The van der Waals surface area contributed by atoms with Crippen LogP contribution in [0.5, 0.6) is 11.5 Å². The van der Waals surface area contributed by atoms with Crippen molar-refractivity contribution in [1.29, 1.82) is 0 Å². The predicted octanol–water partition coefficient (Wildman–Crippen LogP) is 5.93. The Morgan fingerprint density at radius 1 is 0.769 bits per heavy atom. The summed E-state index contributed by atoms with van der Waals surface area (Å²) in [5.74, 6) is -0.263. The minimum Gasteiger partial charge on any atom is -0.422 e. The Balaban J connectivity index is 2.63. The summed E-state index contributed by atoms with van der Waals surface area (Å²) in [5.41, 5.74) is 0. The van der Waals surface area contributed by atoms with Crippen molar-refractivity contribution in [3.8, 4) is 11.5 Å². The van der Waals surface area contributed by atoms with Gasteiger partial charge in [-0.2, -0.15) is 0 Å². The third kappa shape index (κ3) is 8.03. The van der Waals surface area contributed by atoms with E-state index in [0.717, 1.165) is 51.4 Å². The number of benzene rings is 1. The molecule has 0 fully saturated rings. The molecule has 0 radical (unpaired) electrons. The summed E-state index contributed by atoms with van der Waals surface area (Å²) < 4.78 is 11.0. The molecule has 0 aliphatic rings.